The summed E-state index contributed by atoms with van der Waals surface area (Å²) in [6, 6.07) is 0. The van der Waals surface area contributed by atoms with Gasteiger partial charge in [0.15, 0.2) is 0 Å². The maximum absolute atomic E-state index is 13.5. The summed E-state index contributed by atoms with van der Waals surface area (Å²) in [5.41, 5.74) is -1.34. The molecule has 0 aromatic rings. The highest BCUT2D eigenvalue weighted by molar-refractivity contribution is 5.78. The van der Waals surface area contributed by atoms with Gasteiger partial charge in [-0.2, -0.15) is 0 Å². The first-order valence-corrected chi connectivity index (χ1v) is 27.7. The maximum atomic E-state index is 13.5. The van der Waals surface area contributed by atoms with Crippen LogP contribution in [0.4, 0.5) is 0 Å². The Kier molecular flexibility index (Phi) is 58.1. The van der Waals surface area contributed by atoms with E-state index in [9.17, 15) is 19.2 Å². The molecular formula is C52H102N4O22. The van der Waals surface area contributed by atoms with Crippen LogP contribution in [0, 0.1) is 5.92 Å². The van der Waals surface area contributed by atoms with E-state index in [0.717, 1.165) is 12.8 Å². The van der Waals surface area contributed by atoms with Crippen molar-refractivity contribution in [3.8, 4) is 0 Å². The molecule has 0 aliphatic carbocycles. The van der Waals surface area contributed by atoms with Gasteiger partial charge in [0.05, 0.1) is 205 Å². The summed E-state index contributed by atoms with van der Waals surface area (Å²) in [6.45, 7) is 16.6. The van der Waals surface area contributed by atoms with Gasteiger partial charge in [-0.1, -0.05) is 20.3 Å². The first kappa shape index (κ1) is 75.2. The Morgan fingerprint density at radius 1 is 0.385 bits per heavy atom. The molecule has 0 saturated heterocycles. The third-order valence-electron chi connectivity index (χ3n) is 10.6. The standard InChI is InChI=1S/C52H102N4O22/c1-5-47(3)7-15-64-27-32-74-41-42-75-43-51(61)56-52(44-76-16-8-48(58)53-11-19-65-28-33-71-36-31-68-22-14-57,45-77-17-9-49(59)54-12-20-66-29-34-72-38-37-69-24-23-62-4)46-78-18-10-50(60)55-13-21-67-30-35-73-40-39-70-26-25-63-6-2/h47,57H,5-46H2,1-4H3,(H,53,58)(H,54,59)(H,55,60)(H,56,61). The normalized spacial score (nSPS) is 12.6. The molecule has 0 radical (unpaired) electrons. The van der Waals surface area contributed by atoms with Gasteiger partial charge < -0.3 is 107 Å². The number of aliphatic hydroxyl groups excluding tert-OH is 1. The predicted octanol–water partition coefficient (Wildman–Crippen LogP) is -0.279. The highest BCUT2D eigenvalue weighted by atomic mass is 16.6. The number of hydrogen-bond acceptors (Lipinski definition) is 22. The molecule has 78 heavy (non-hydrogen) atoms. The van der Waals surface area contributed by atoms with Gasteiger partial charge in [-0.25, -0.2) is 0 Å². The Hall–Kier alpha value is -2.84. The average Bonchev–Trinajstić information content (AvgIpc) is 3.44. The Labute approximate surface area is 464 Å². The van der Waals surface area contributed by atoms with Crippen molar-refractivity contribution in [2.24, 2.45) is 5.92 Å². The van der Waals surface area contributed by atoms with E-state index in [0.29, 0.717) is 138 Å². The zero-order valence-electron chi connectivity index (χ0n) is 47.8. The topological polar surface area (TPSA) is 294 Å². The van der Waals surface area contributed by atoms with E-state index in [1.165, 1.54) is 0 Å². The van der Waals surface area contributed by atoms with Gasteiger partial charge >= 0.3 is 0 Å². The molecule has 26 nitrogen and oxygen atoms in total. The largest absolute Gasteiger partial charge is 0.394 e. The molecule has 0 rings (SSSR count). The zero-order valence-corrected chi connectivity index (χ0v) is 47.8. The molecule has 0 aromatic carbocycles. The minimum absolute atomic E-state index is 0.00246. The van der Waals surface area contributed by atoms with E-state index in [1.54, 1.807) is 7.11 Å². The minimum Gasteiger partial charge on any atom is -0.394 e. The maximum Gasteiger partial charge on any atom is 0.246 e. The van der Waals surface area contributed by atoms with Crippen LogP contribution in [-0.4, -0.2) is 286 Å². The fourth-order valence-electron chi connectivity index (χ4n) is 6.10. The van der Waals surface area contributed by atoms with Crippen molar-refractivity contribution in [2.75, 3.05) is 251 Å². The molecule has 2 unspecified atom stereocenters. The van der Waals surface area contributed by atoms with Crippen LogP contribution >= 0.6 is 0 Å². The molecular weight excluding hydrogens is 1030 g/mol. The van der Waals surface area contributed by atoms with Gasteiger partial charge in [0.2, 0.25) is 23.6 Å². The van der Waals surface area contributed by atoms with Gasteiger partial charge in [0.25, 0.3) is 0 Å². The lowest BCUT2D eigenvalue weighted by Crippen LogP contribution is -2.59. The molecule has 0 spiro atoms. The third-order valence-corrected chi connectivity index (χ3v) is 10.6. The number of amides is 4. The SMILES string of the molecule is CCOCCOCCOCCOCCNC(=O)CCOCC(COCCC(=O)NCCOCCOCCOCCO)(COCCC(=O)NCCOCCOCCOCCOC)NC(=O)COCCOCCOCCC(C)CC. The lowest BCUT2D eigenvalue weighted by atomic mass is 10.0. The van der Waals surface area contributed by atoms with Crippen LogP contribution in [0.25, 0.3) is 0 Å². The second-order valence-corrected chi connectivity index (χ2v) is 17.3. The Bertz CT molecular complexity index is 1340. The molecule has 5 N–H and O–H groups in total. The summed E-state index contributed by atoms with van der Waals surface area (Å²) in [5, 5.41) is 20.1. The average molecular weight is 1140 g/mol. The van der Waals surface area contributed by atoms with E-state index in [-0.39, 0.29) is 149 Å². The van der Waals surface area contributed by atoms with Crippen molar-refractivity contribution in [3.05, 3.63) is 0 Å². The lowest BCUT2D eigenvalue weighted by molar-refractivity contribution is -0.134. The van der Waals surface area contributed by atoms with Crippen molar-refractivity contribution in [2.45, 2.75) is 58.4 Å². The molecule has 0 aromatic heterocycles. The number of hydrogen-bond donors (Lipinski definition) is 5. The highest BCUT2D eigenvalue weighted by Gasteiger charge is 2.34. The van der Waals surface area contributed by atoms with Gasteiger partial charge in [0.1, 0.15) is 12.1 Å². The summed E-state index contributed by atoms with van der Waals surface area (Å²) in [7, 11) is 1.61. The third kappa shape index (κ3) is 55.1. The van der Waals surface area contributed by atoms with Crippen LogP contribution in [0.2, 0.25) is 0 Å². The Balaban J connectivity index is 5.37. The van der Waals surface area contributed by atoms with Gasteiger partial charge in [0, 0.05) is 59.2 Å². The number of carbonyl (C=O) groups is 4. The fourth-order valence-corrected chi connectivity index (χ4v) is 6.10. The van der Waals surface area contributed by atoms with E-state index < -0.39 is 11.4 Å². The van der Waals surface area contributed by atoms with Gasteiger partial charge in [-0.05, 0) is 19.3 Å². The van der Waals surface area contributed by atoms with Crippen LogP contribution in [-0.2, 0) is 99.7 Å². The number of nitrogens with one attached hydrogen (secondary N) is 4. The summed E-state index contributed by atoms with van der Waals surface area (Å²) in [4.78, 5) is 51.6. The quantitative estimate of drug-likeness (QED) is 0.0490. The Morgan fingerprint density at radius 3 is 1.05 bits per heavy atom. The van der Waals surface area contributed by atoms with Crippen LogP contribution in [0.3, 0.4) is 0 Å². The van der Waals surface area contributed by atoms with Crippen molar-refractivity contribution in [3.63, 3.8) is 0 Å². The number of ether oxygens (including phenoxy) is 17. The van der Waals surface area contributed by atoms with Crippen LogP contribution in [0.15, 0.2) is 0 Å². The summed E-state index contributed by atoms with van der Waals surface area (Å²) >= 11 is 0. The summed E-state index contributed by atoms with van der Waals surface area (Å²) < 4.78 is 93.9. The smallest absolute Gasteiger partial charge is 0.246 e. The van der Waals surface area contributed by atoms with Crippen molar-refractivity contribution < 1.29 is 105 Å². The van der Waals surface area contributed by atoms with E-state index >= 15 is 0 Å². The number of aliphatic hydroxyl groups is 1. The van der Waals surface area contributed by atoms with E-state index in [2.05, 4.69) is 35.1 Å². The molecule has 0 heterocycles. The molecule has 4 amide bonds. The molecule has 462 valence electrons. The number of rotatable bonds is 64. The Morgan fingerprint density at radius 2 is 0.705 bits per heavy atom. The van der Waals surface area contributed by atoms with Crippen molar-refractivity contribution in [1.29, 1.82) is 0 Å². The zero-order chi connectivity index (χ0) is 56.9. The first-order valence-electron chi connectivity index (χ1n) is 27.7. The predicted molar refractivity (Wildman–Crippen MR) is 286 cm³/mol. The molecule has 0 bridgehead atoms. The second kappa shape index (κ2) is 60.3. The monoisotopic (exact) mass is 1130 g/mol. The van der Waals surface area contributed by atoms with Crippen molar-refractivity contribution in [1.82, 2.24) is 21.3 Å². The van der Waals surface area contributed by atoms with Crippen LogP contribution < -0.4 is 21.3 Å². The molecule has 2 atom stereocenters. The minimum atomic E-state index is -1.34. The number of carbonyl (C=O) groups excluding carboxylic acids is 4. The van der Waals surface area contributed by atoms with Gasteiger partial charge in [-0.3, -0.25) is 19.2 Å². The van der Waals surface area contributed by atoms with Crippen LogP contribution in [0.1, 0.15) is 52.9 Å². The molecule has 0 fully saturated rings. The molecule has 0 aliphatic rings. The summed E-state index contributed by atoms with van der Waals surface area (Å²) in [6.07, 6.45) is 2.09. The van der Waals surface area contributed by atoms with Crippen LogP contribution in [0.5, 0.6) is 0 Å². The highest BCUT2D eigenvalue weighted by Crippen LogP contribution is 2.11. The lowest BCUT2D eigenvalue weighted by Gasteiger charge is -2.34. The van der Waals surface area contributed by atoms with Crippen molar-refractivity contribution >= 4 is 23.6 Å². The first-order chi connectivity index (χ1) is 38.2. The molecule has 0 aliphatic heterocycles. The molecule has 0 saturated carbocycles. The molecule has 26 heteroatoms. The fraction of sp³-hybridized carbons (Fsp3) is 0.923. The van der Waals surface area contributed by atoms with E-state index in [1.807, 2.05) is 6.92 Å². The number of methoxy groups -OCH3 is 1. The van der Waals surface area contributed by atoms with Gasteiger partial charge in [-0.15, -0.1) is 0 Å². The van der Waals surface area contributed by atoms with E-state index in [4.69, 9.17) is 85.6 Å². The summed E-state index contributed by atoms with van der Waals surface area (Å²) in [5.74, 6) is -0.742. The second-order valence-electron chi connectivity index (χ2n) is 17.3.